The lowest BCUT2D eigenvalue weighted by atomic mass is 9.82. The van der Waals surface area contributed by atoms with Gasteiger partial charge in [0, 0.05) is 35.6 Å². The molecular formula is C26H28N2O6. The van der Waals surface area contributed by atoms with Crippen LogP contribution in [0.1, 0.15) is 42.9 Å². The molecular weight excluding hydrogens is 436 g/mol. The fourth-order valence-electron chi connectivity index (χ4n) is 4.93. The van der Waals surface area contributed by atoms with Crippen LogP contribution in [0.3, 0.4) is 0 Å². The molecule has 0 radical (unpaired) electrons. The first kappa shape index (κ1) is 22.1. The Kier molecular flexibility index (Phi) is 5.38. The van der Waals surface area contributed by atoms with E-state index in [0.29, 0.717) is 47.1 Å². The topological polar surface area (TPSA) is 89.8 Å². The molecule has 3 heterocycles. The van der Waals surface area contributed by atoms with Crippen LogP contribution in [0.4, 0.5) is 0 Å². The molecule has 0 aromatic heterocycles. The second-order valence-corrected chi connectivity index (χ2v) is 8.77. The normalized spacial score (nSPS) is 22.1. The fraction of sp³-hybridized carbons (Fsp3) is 0.385. The van der Waals surface area contributed by atoms with Crippen molar-refractivity contribution in [3.63, 3.8) is 0 Å². The zero-order valence-electron chi connectivity index (χ0n) is 19.8. The minimum absolute atomic E-state index is 0.108. The number of aromatic hydroxyl groups is 1. The molecule has 2 unspecified atom stereocenters. The Hall–Kier alpha value is -3.68. The number of amides is 1. The minimum Gasteiger partial charge on any atom is -0.507 e. The molecule has 0 aliphatic carbocycles. The Morgan fingerprint density at radius 3 is 2.65 bits per heavy atom. The number of phenolic OH excluding ortho intramolecular Hbond substituents is 1. The van der Waals surface area contributed by atoms with E-state index in [0.717, 1.165) is 16.7 Å². The summed E-state index contributed by atoms with van der Waals surface area (Å²) in [5, 5.41) is 17.5. The van der Waals surface area contributed by atoms with Crippen LogP contribution in [0.25, 0.3) is 0 Å². The SMILES string of the molecule is C=C(C)[C@H]1Cc2c(ccc(C3=NN(C(=O)CC)C4COc5cc(OC)c(OC)cc5C34)c2O)O1. The molecule has 34 heavy (non-hydrogen) atoms. The molecule has 0 spiro atoms. The molecule has 0 fully saturated rings. The van der Waals surface area contributed by atoms with Gasteiger partial charge in [-0.1, -0.05) is 13.5 Å². The van der Waals surface area contributed by atoms with Gasteiger partial charge in [0.25, 0.3) is 0 Å². The van der Waals surface area contributed by atoms with Crippen LogP contribution in [0.5, 0.6) is 28.7 Å². The molecule has 1 amide bonds. The molecule has 3 aliphatic rings. The van der Waals surface area contributed by atoms with Crippen molar-refractivity contribution in [2.75, 3.05) is 20.8 Å². The van der Waals surface area contributed by atoms with Crippen LogP contribution in [0.2, 0.25) is 0 Å². The van der Waals surface area contributed by atoms with Crippen molar-refractivity contribution in [2.45, 2.75) is 44.8 Å². The van der Waals surface area contributed by atoms with Gasteiger partial charge < -0.3 is 24.1 Å². The summed E-state index contributed by atoms with van der Waals surface area (Å²) in [6.45, 7) is 7.98. The predicted octanol–water partition coefficient (Wildman–Crippen LogP) is 3.79. The number of ether oxygens (including phenoxy) is 4. The summed E-state index contributed by atoms with van der Waals surface area (Å²) >= 11 is 0. The van der Waals surface area contributed by atoms with Crippen molar-refractivity contribution in [1.29, 1.82) is 0 Å². The largest absolute Gasteiger partial charge is 0.507 e. The van der Waals surface area contributed by atoms with Crippen molar-refractivity contribution < 1.29 is 28.8 Å². The van der Waals surface area contributed by atoms with E-state index in [1.807, 2.05) is 19.1 Å². The molecule has 8 heteroatoms. The molecule has 3 aliphatic heterocycles. The van der Waals surface area contributed by atoms with E-state index in [1.54, 1.807) is 33.3 Å². The highest BCUT2D eigenvalue weighted by Crippen LogP contribution is 2.49. The van der Waals surface area contributed by atoms with Crippen molar-refractivity contribution in [2.24, 2.45) is 5.10 Å². The van der Waals surface area contributed by atoms with Gasteiger partial charge in [-0.3, -0.25) is 4.79 Å². The number of hydrogen-bond acceptors (Lipinski definition) is 7. The molecule has 178 valence electrons. The molecule has 1 N–H and O–H groups in total. The molecule has 2 aromatic carbocycles. The van der Waals surface area contributed by atoms with Crippen LogP contribution in [-0.2, 0) is 11.2 Å². The van der Waals surface area contributed by atoms with Crippen LogP contribution in [-0.4, -0.2) is 54.7 Å². The quantitative estimate of drug-likeness (QED) is 0.678. The van der Waals surface area contributed by atoms with Crippen LogP contribution < -0.4 is 18.9 Å². The average molecular weight is 465 g/mol. The van der Waals surface area contributed by atoms with Gasteiger partial charge in [0.05, 0.1) is 25.8 Å². The highest BCUT2D eigenvalue weighted by Gasteiger charge is 2.47. The Bertz CT molecular complexity index is 1220. The van der Waals surface area contributed by atoms with E-state index < -0.39 is 0 Å². The number of hydrazone groups is 1. The number of phenols is 1. The average Bonchev–Trinajstić information content (AvgIpc) is 3.46. The van der Waals surface area contributed by atoms with E-state index >= 15 is 0 Å². The maximum atomic E-state index is 12.8. The smallest absolute Gasteiger partial charge is 0.242 e. The zero-order valence-corrected chi connectivity index (χ0v) is 19.8. The van der Waals surface area contributed by atoms with Crippen molar-refractivity contribution in [3.05, 3.63) is 53.1 Å². The predicted molar refractivity (Wildman–Crippen MR) is 126 cm³/mol. The number of rotatable bonds is 5. The zero-order chi connectivity index (χ0) is 24.1. The number of carbonyl (C=O) groups excluding carboxylic acids is 1. The first-order valence-corrected chi connectivity index (χ1v) is 11.3. The highest BCUT2D eigenvalue weighted by atomic mass is 16.5. The third-order valence-corrected chi connectivity index (χ3v) is 6.75. The van der Waals surface area contributed by atoms with E-state index in [-0.39, 0.29) is 36.3 Å². The summed E-state index contributed by atoms with van der Waals surface area (Å²) in [4.78, 5) is 12.8. The maximum absolute atomic E-state index is 12.8. The van der Waals surface area contributed by atoms with Crippen molar-refractivity contribution in [3.8, 4) is 28.7 Å². The second-order valence-electron chi connectivity index (χ2n) is 8.77. The third-order valence-electron chi connectivity index (χ3n) is 6.75. The molecule has 2 aromatic rings. The van der Waals surface area contributed by atoms with Gasteiger partial charge in [-0.15, -0.1) is 0 Å². The van der Waals surface area contributed by atoms with Crippen LogP contribution in [0, 0.1) is 0 Å². The minimum atomic E-state index is -0.333. The molecule has 5 rings (SSSR count). The second kappa shape index (κ2) is 8.27. The van der Waals surface area contributed by atoms with E-state index in [1.165, 1.54) is 5.01 Å². The van der Waals surface area contributed by atoms with Crippen molar-refractivity contribution in [1.82, 2.24) is 5.01 Å². The Balaban J connectivity index is 1.64. The number of carbonyl (C=O) groups is 1. The van der Waals surface area contributed by atoms with Gasteiger partial charge in [-0.25, -0.2) is 5.01 Å². The highest BCUT2D eigenvalue weighted by molar-refractivity contribution is 6.10. The lowest BCUT2D eigenvalue weighted by molar-refractivity contribution is -0.133. The lowest BCUT2D eigenvalue weighted by Gasteiger charge is -2.33. The molecule has 8 nitrogen and oxygen atoms in total. The third kappa shape index (κ3) is 3.28. The molecule has 0 saturated carbocycles. The van der Waals surface area contributed by atoms with Gasteiger partial charge in [-0.2, -0.15) is 5.10 Å². The van der Waals surface area contributed by atoms with Gasteiger partial charge in [0.1, 0.15) is 36.0 Å². The molecule has 3 atom stereocenters. The summed E-state index contributed by atoms with van der Waals surface area (Å²) in [6, 6.07) is 6.98. The molecule has 0 bridgehead atoms. The van der Waals surface area contributed by atoms with Gasteiger partial charge in [0.15, 0.2) is 11.5 Å². The molecule has 0 saturated heterocycles. The van der Waals surface area contributed by atoms with Crippen LogP contribution >= 0.6 is 0 Å². The summed E-state index contributed by atoms with van der Waals surface area (Å²) in [6.07, 6.45) is 0.671. The lowest BCUT2D eigenvalue weighted by Crippen LogP contribution is -2.43. The monoisotopic (exact) mass is 464 g/mol. The fourth-order valence-corrected chi connectivity index (χ4v) is 4.93. The van der Waals surface area contributed by atoms with E-state index in [2.05, 4.69) is 6.58 Å². The van der Waals surface area contributed by atoms with E-state index in [9.17, 15) is 9.90 Å². The standard InChI is InChI=1S/C26H28N2O6/c1-6-23(29)28-17-12-33-20-11-22(32-5)21(31-4)9-15(20)24(17)25(27-28)14-7-8-18-16(26(14)30)10-19(34-18)13(2)3/h7-9,11,17,19,24,30H,2,6,10,12H2,1,3-5H3/t17?,19-,24?/m1/s1. The number of nitrogens with zero attached hydrogens (tertiary/aromatic N) is 2. The number of benzene rings is 2. The van der Waals surface area contributed by atoms with E-state index in [4.69, 9.17) is 24.0 Å². The Morgan fingerprint density at radius 1 is 1.24 bits per heavy atom. The first-order valence-electron chi connectivity index (χ1n) is 11.3. The number of methoxy groups -OCH3 is 2. The maximum Gasteiger partial charge on any atom is 0.242 e. The summed E-state index contributed by atoms with van der Waals surface area (Å²) in [5.41, 5.74) is 3.64. The van der Waals surface area contributed by atoms with Gasteiger partial charge in [-0.05, 0) is 30.7 Å². The van der Waals surface area contributed by atoms with Crippen LogP contribution in [0.15, 0.2) is 41.5 Å². The summed E-state index contributed by atoms with van der Waals surface area (Å²) < 4.78 is 23.0. The summed E-state index contributed by atoms with van der Waals surface area (Å²) in [5.74, 6) is 2.11. The summed E-state index contributed by atoms with van der Waals surface area (Å²) in [7, 11) is 3.15. The van der Waals surface area contributed by atoms with Crippen molar-refractivity contribution >= 4 is 11.6 Å². The number of fused-ring (bicyclic) bond motifs is 4. The Labute approximate surface area is 198 Å². The Morgan fingerprint density at radius 2 is 1.97 bits per heavy atom. The van der Waals surface area contributed by atoms with Gasteiger partial charge >= 0.3 is 0 Å². The number of hydrogen-bond donors (Lipinski definition) is 1. The van der Waals surface area contributed by atoms with Gasteiger partial charge in [0.2, 0.25) is 5.91 Å². The first-order chi connectivity index (χ1) is 16.4.